The standard InChI is InChI=1S/C23H21ClF2N2O3/c1-2-31-23(30)17-13-28(21-16(22(17)29)11-18(25)20(26)19(21)24)15-7-5-14(6-8-15)12-27-9-3-4-10-27/h5-8,11,13H,2-4,9-10,12H2,1H3. The molecule has 0 atom stereocenters. The smallest absolute Gasteiger partial charge is 0.343 e. The highest BCUT2D eigenvalue weighted by Crippen LogP contribution is 2.30. The Balaban J connectivity index is 1.87. The van der Waals surface area contributed by atoms with Crippen molar-refractivity contribution in [2.45, 2.75) is 26.3 Å². The van der Waals surface area contributed by atoms with E-state index in [4.69, 9.17) is 16.3 Å². The molecule has 8 heteroatoms. The summed E-state index contributed by atoms with van der Waals surface area (Å²) in [6, 6.07) is 8.20. The summed E-state index contributed by atoms with van der Waals surface area (Å²) in [7, 11) is 0. The van der Waals surface area contributed by atoms with Gasteiger partial charge in [0.05, 0.1) is 17.5 Å². The van der Waals surface area contributed by atoms with E-state index in [0.29, 0.717) is 5.69 Å². The van der Waals surface area contributed by atoms with Crippen molar-refractivity contribution in [1.29, 1.82) is 0 Å². The van der Waals surface area contributed by atoms with Crippen molar-refractivity contribution < 1.29 is 18.3 Å². The summed E-state index contributed by atoms with van der Waals surface area (Å²) in [6.45, 7) is 4.63. The maximum absolute atomic E-state index is 14.2. The molecule has 4 rings (SSSR count). The van der Waals surface area contributed by atoms with Crippen LogP contribution in [0.25, 0.3) is 16.6 Å². The second kappa shape index (κ2) is 8.77. The van der Waals surface area contributed by atoms with Crippen LogP contribution in [-0.4, -0.2) is 35.1 Å². The number of hydrogen-bond acceptors (Lipinski definition) is 4. The van der Waals surface area contributed by atoms with Gasteiger partial charge in [-0.05, 0) is 56.6 Å². The summed E-state index contributed by atoms with van der Waals surface area (Å²) >= 11 is 6.10. The molecular weight excluding hydrogens is 426 g/mol. The Bertz CT molecular complexity index is 1200. The maximum Gasteiger partial charge on any atom is 0.343 e. The van der Waals surface area contributed by atoms with Gasteiger partial charge in [-0.25, -0.2) is 13.6 Å². The minimum Gasteiger partial charge on any atom is -0.462 e. The second-order valence-electron chi connectivity index (χ2n) is 7.49. The number of rotatable bonds is 5. The first-order valence-corrected chi connectivity index (χ1v) is 10.5. The molecule has 5 nitrogen and oxygen atoms in total. The third-order valence-corrected chi connectivity index (χ3v) is 5.78. The van der Waals surface area contributed by atoms with Crippen LogP contribution in [0.1, 0.15) is 35.7 Å². The molecular formula is C23H21ClF2N2O3. The van der Waals surface area contributed by atoms with E-state index in [1.54, 1.807) is 19.1 Å². The molecule has 0 bridgehead atoms. The molecule has 2 heterocycles. The molecule has 31 heavy (non-hydrogen) atoms. The summed E-state index contributed by atoms with van der Waals surface area (Å²) in [5, 5.41) is -0.723. The SMILES string of the molecule is CCOC(=O)c1cn(-c2ccc(CN3CCCC3)cc2)c2c(Cl)c(F)c(F)cc2c1=O. The molecule has 0 saturated carbocycles. The maximum atomic E-state index is 14.2. The molecule has 0 radical (unpaired) electrons. The van der Waals surface area contributed by atoms with Crippen LogP contribution in [0.15, 0.2) is 41.3 Å². The topological polar surface area (TPSA) is 51.5 Å². The van der Waals surface area contributed by atoms with E-state index in [1.165, 1.54) is 23.6 Å². The van der Waals surface area contributed by atoms with Gasteiger partial charge in [-0.2, -0.15) is 0 Å². The summed E-state index contributed by atoms with van der Waals surface area (Å²) in [4.78, 5) is 27.5. The average molecular weight is 447 g/mol. The fourth-order valence-electron chi connectivity index (χ4n) is 3.91. The van der Waals surface area contributed by atoms with E-state index in [-0.39, 0.29) is 23.1 Å². The Kier molecular flexibility index (Phi) is 6.07. The van der Waals surface area contributed by atoms with Gasteiger partial charge < -0.3 is 9.30 Å². The summed E-state index contributed by atoms with van der Waals surface area (Å²) in [5.41, 5.74) is 0.596. The Labute approximate surface area is 182 Å². The third-order valence-electron chi connectivity index (χ3n) is 5.44. The van der Waals surface area contributed by atoms with Gasteiger partial charge in [0.1, 0.15) is 10.6 Å². The zero-order valence-electron chi connectivity index (χ0n) is 17.0. The van der Waals surface area contributed by atoms with Crippen molar-refractivity contribution >= 4 is 28.5 Å². The van der Waals surface area contributed by atoms with E-state index in [1.807, 2.05) is 12.1 Å². The number of benzene rings is 2. The zero-order chi connectivity index (χ0) is 22.1. The van der Waals surface area contributed by atoms with Crippen LogP contribution in [0.2, 0.25) is 5.02 Å². The lowest BCUT2D eigenvalue weighted by Crippen LogP contribution is -2.21. The van der Waals surface area contributed by atoms with Gasteiger partial charge in [-0.3, -0.25) is 9.69 Å². The molecule has 1 fully saturated rings. The molecule has 0 unspecified atom stereocenters. The van der Waals surface area contributed by atoms with Crippen LogP contribution < -0.4 is 5.43 Å². The number of carbonyl (C=O) groups is 1. The zero-order valence-corrected chi connectivity index (χ0v) is 17.7. The minimum atomic E-state index is -1.26. The quantitative estimate of drug-likeness (QED) is 0.421. The first-order valence-electron chi connectivity index (χ1n) is 10.1. The summed E-state index contributed by atoms with van der Waals surface area (Å²) < 4.78 is 34.7. The normalized spacial score (nSPS) is 14.3. The Morgan fingerprint density at radius 1 is 1.16 bits per heavy atom. The highest BCUT2D eigenvalue weighted by atomic mass is 35.5. The van der Waals surface area contributed by atoms with Gasteiger partial charge in [-0.15, -0.1) is 0 Å². The largest absolute Gasteiger partial charge is 0.462 e. The number of ether oxygens (including phenoxy) is 1. The molecule has 1 aliphatic rings. The summed E-state index contributed by atoms with van der Waals surface area (Å²) in [5.74, 6) is -3.35. The van der Waals surface area contributed by atoms with E-state index in [2.05, 4.69) is 4.90 Å². The van der Waals surface area contributed by atoms with Crippen LogP contribution in [0.5, 0.6) is 0 Å². The van der Waals surface area contributed by atoms with Crippen molar-refractivity contribution in [3.05, 3.63) is 74.5 Å². The number of fused-ring (bicyclic) bond motifs is 1. The lowest BCUT2D eigenvalue weighted by atomic mass is 10.1. The van der Waals surface area contributed by atoms with Gasteiger partial charge in [0.25, 0.3) is 0 Å². The van der Waals surface area contributed by atoms with Gasteiger partial charge in [0.2, 0.25) is 5.43 Å². The molecule has 0 N–H and O–H groups in total. The molecule has 0 amide bonds. The predicted octanol–water partition coefficient (Wildman–Crippen LogP) is 4.69. The second-order valence-corrected chi connectivity index (χ2v) is 7.87. The van der Waals surface area contributed by atoms with Crippen molar-refractivity contribution in [3.63, 3.8) is 0 Å². The van der Waals surface area contributed by atoms with Crippen LogP contribution in [0.4, 0.5) is 8.78 Å². The molecule has 3 aromatic rings. The predicted molar refractivity (Wildman–Crippen MR) is 115 cm³/mol. The van der Waals surface area contributed by atoms with Crippen molar-refractivity contribution in [3.8, 4) is 5.69 Å². The lowest BCUT2D eigenvalue weighted by Gasteiger charge is -2.17. The van der Waals surface area contributed by atoms with Crippen molar-refractivity contribution in [2.75, 3.05) is 19.7 Å². The average Bonchev–Trinajstić information content (AvgIpc) is 3.26. The molecule has 0 aliphatic carbocycles. The van der Waals surface area contributed by atoms with Gasteiger partial charge in [0, 0.05) is 18.4 Å². The van der Waals surface area contributed by atoms with Gasteiger partial charge in [0.15, 0.2) is 11.6 Å². The number of pyridine rings is 1. The monoisotopic (exact) mass is 446 g/mol. The molecule has 0 spiro atoms. The number of halogens is 3. The van der Waals surface area contributed by atoms with Crippen molar-refractivity contribution in [1.82, 2.24) is 9.47 Å². The molecule has 1 saturated heterocycles. The summed E-state index contributed by atoms with van der Waals surface area (Å²) in [6.07, 6.45) is 3.65. The van der Waals surface area contributed by atoms with Gasteiger partial charge >= 0.3 is 5.97 Å². The Hall–Kier alpha value is -2.77. The first kappa shape index (κ1) is 21.5. The molecule has 2 aromatic carbocycles. The van der Waals surface area contributed by atoms with E-state index in [0.717, 1.165) is 31.3 Å². The van der Waals surface area contributed by atoms with Crippen LogP contribution in [-0.2, 0) is 11.3 Å². The number of aromatic nitrogens is 1. The fraction of sp³-hybridized carbons (Fsp3) is 0.304. The van der Waals surface area contributed by atoms with Crippen LogP contribution in [0.3, 0.4) is 0 Å². The molecule has 162 valence electrons. The van der Waals surface area contributed by atoms with Crippen LogP contribution >= 0.6 is 11.6 Å². The number of nitrogens with zero attached hydrogens (tertiary/aromatic N) is 2. The third kappa shape index (κ3) is 4.07. The fourth-order valence-corrected chi connectivity index (χ4v) is 4.19. The number of carbonyl (C=O) groups excluding carboxylic acids is 1. The van der Waals surface area contributed by atoms with E-state index >= 15 is 0 Å². The van der Waals surface area contributed by atoms with Crippen molar-refractivity contribution in [2.24, 2.45) is 0 Å². The Morgan fingerprint density at radius 2 is 1.84 bits per heavy atom. The minimum absolute atomic E-state index is 0.00842. The highest BCUT2D eigenvalue weighted by molar-refractivity contribution is 6.35. The van der Waals surface area contributed by atoms with E-state index < -0.39 is 28.1 Å². The lowest BCUT2D eigenvalue weighted by molar-refractivity contribution is 0.0524. The first-order chi connectivity index (χ1) is 14.9. The number of hydrogen-bond donors (Lipinski definition) is 0. The molecule has 1 aromatic heterocycles. The molecule has 1 aliphatic heterocycles. The number of likely N-dealkylation sites (tertiary alicyclic amines) is 1. The van der Waals surface area contributed by atoms with E-state index in [9.17, 15) is 18.4 Å². The van der Waals surface area contributed by atoms with Gasteiger partial charge in [-0.1, -0.05) is 23.7 Å². The highest BCUT2D eigenvalue weighted by Gasteiger charge is 2.22. The Morgan fingerprint density at radius 3 is 2.48 bits per heavy atom. The number of esters is 1. The van der Waals surface area contributed by atoms with Crippen LogP contribution in [0, 0.1) is 11.6 Å².